The molecule has 0 bridgehead atoms. The summed E-state index contributed by atoms with van der Waals surface area (Å²) in [7, 11) is 0. The maximum atomic E-state index is 9.01. The fourth-order valence-electron chi connectivity index (χ4n) is 1.23. The molecule has 1 rings (SSSR count). The third-order valence-electron chi connectivity index (χ3n) is 2.10. The molecule has 0 spiro atoms. The highest BCUT2D eigenvalue weighted by Gasteiger charge is 2.04. The number of hydrogen-bond acceptors (Lipinski definition) is 4. The number of hydrogen-bond donors (Lipinski definition) is 1. The summed E-state index contributed by atoms with van der Waals surface area (Å²) in [6.07, 6.45) is 1.63. The first-order chi connectivity index (χ1) is 7.29. The number of ether oxygens (including phenoxy) is 2. The van der Waals surface area contributed by atoms with Gasteiger partial charge < -0.3 is 14.6 Å². The Labute approximate surface area is 89.9 Å². The van der Waals surface area contributed by atoms with E-state index in [0.717, 1.165) is 11.3 Å². The number of aliphatic hydroxyl groups excluding tert-OH is 1. The quantitative estimate of drug-likeness (QED) is 0.720. The second-order valence-electron chi connectivity index (χ2n) is 3.08. The van der Waals surface area contributed by atoms with Crippen molar-refractivity contribution < 1.29 is 14.6 Å². The van der Waals surface area contributed by atoms with Crippen LogP contribution in [0.15, 0.2) is 12.3 Å². The number of rotatable bonds is 6. The van der Waals surface area contributed by atoms with Gasteiger partial charge in [-0.1, -0.05) is 0 Å². The predicted molar refractivity (Wildman–Crippen MR) is 56.9 cm³/mol. The first-order valence-electron chi connectivity index (χ1n) is 5.05. The van der Waals surface area contributed by atoms with Crippen molar-refractivity contribution in [2.45, 2.75) is 20.5 Å². The number of aliphatic hydroxyl groups is 1. The SMILES string of the molecule is CCOCCOc1ccnc(CO)c1C. The van der Waals surface area contributed by atoms with Crippen LogP contribution >= 0.6 is 0 Å². The molecule has 0 atom stereocenters. The van der Waals surface area contributed by atoms with E-state index in [-0.39, 0.29) is 6.61 Å². The molecule has 0 amide bonds. The monoisotopic (exact) mass is 211 g/mol. The van der Waals surface area contributed by atoms with Crippen molar-refractivity contribution >= 4 is 0 Å². The molecule has 15 heavy (non-hydrogen) atoms. The van der Waals surface area contributed by atoms with Crippen LogP contribution < -0.4 is 4.74 Å². The zero-order valence-electron chi connectivity index (χ0n) is 9.19. The van der Waals surface area contributed by atoms with Gasteiger partial charge in [0.15, 0.2) is 0 Å². The molecular weight excluding hydrogens is 194 g/mol. The van der Waals surface area contributed by atoms with E-state index in [9.17, 15) is 0 Å². The average Bonchev–Trinajstić information content (AvgIpc) is 2.26. The van der Waals surface area contributed by atoms with E-state index < -0.39 is 0 Å². The van der Waals surface area contributed by atoms with Gasteiger partial charge in [0.05, 0.1) is 18.9 Å². The van der Waals surface area contributed by atoms with Gasteiger partial charge in [-0.3, -0.25) is 4.98 Å². The van der Waals surface area contributed by atoms with E-state index >= 15 is 0 Å². The zero-order chi connectivity index (χ0) is 11.1. The van der Waals surface area contributed by atoms with Crippen LogP contribution in [0.4, 0.5) is 0 Å². The summed E-state index contributed by atoms with van der Waals surface area (Å²) in [5.41, 5.74) is 1.54. The molecule has 0 aliphatic heterocycles. The summed E-state index contributed by atoms with van der Waals surface area (Å²) in [6.45, 7) is 5.56. The van der Waals surface area contributed by atoms with E-state index in [0.29, 0.717) is 25.5 Å². The third-order valence-corrected chi connectivity index (χ3v) is 2.10. The summed E-state index contributed by atoms with van der Waals surface area (Å²) in [5, 5.41) is 9.01. The van der Waals surface area contributed by atoms with Crippen LogP contribution in [0.5, 0.6) is 5.75 Å². The minimum Gasteiger partial charge on any atom is -0.491 e. The van der Waals surface area contributed by atoms with Gasteiger partial charge in [0, 0.05) is 18.4 Å². The molecule has 0 aliphatic carbocycles. The summed E-state index contributed by atoms with van der Waals surface area (Å²) >= 11 is 0. The number of aromatic nitrogens is 1. The van der Waals surface area contributed by atoms with Gasteiger partial charge in [-0.15, -0.1) is 0 Å². The topological polar surface area (TPSA) is 51.6 Å². The van der Waals surface area contributed by atoms with Gasteiger partial charge in [0.1, 0.15) is 12.4 Å². The van der Waals surface area contributed by atoms with Gasteiger partial charge in [-0.05, 0) is 19.9 Å². The predicted octanol–water partition coefficient (Wildman–Crippen LogP) is 1.30. The Morgan fingerprint density at radius 1 is 1.40 bits per heavy atom. The minimum atomic E-state index is -0.0610. The van der Waals surface area contributed by atoms with Crippen molar-refractivity contribution in [1.82, 2.24) is 4.98 Å². The molecule has 0 aliphatic rings. The van der Waals surface area contributed by atoms with E-state index in [1.165, 1.54) is 0 Å². The smallest absolute Gasteiger partial charge is 0.125 e. The van der Waals surface area contributed by atoms with Gasteiger partial charge >= 0.3 is 0 Å². The first-order valence-corrected chi connectivity index (χ1v) is 5.05. The highest BCUT2D eigenvalue weighted by Crippen LogP contribution is 2.19. The van der Waals surface area contributed by atoms with Gasteiger partial charge in [-0.2, -0.15) is 0 Å². The fraction of sp³-hybridized carbons (Fsp3) is 0.545. The van der Waals surface area contributed by atoms with Gasteiger partial charge in [-0.25, -0.2) is 0 Å². The van der Waals surface area contributed by atoms with E-state index in [1.54, 1.807) is 12.3 Å². The lowest BCUT2D eigenvalue weighted by molar-refractivity contribution is 0.110. The van der Waals surface area contributed by atoms with Crippen molar-refractivity contribution in [2.75, 3.05) is 19.8 Å². The van der Waals surface area contributed by atoms with Crippen molar-refractivity contribution in [3.63, 3.8) is 0 Å². The largest absolute Gasteiger partial charge is 0.491 e. The third kappa shape index (κ3) is 3.49. The molecule has 1 heterocycles. The maximum Gasteiger partial charge on any atom is 0.125 e. The molecule has 0 saturated heterocycles. The van der Waals surface area contributed by atoms with Crippen LogP contribution in [0.2, 0.25) is 0 Å². The Kier molecular flexibility index (Phi) is 5.07. The van der Waals surface area contributed by atoms with Crippen molar-refractivity contribution in [3.8, 4) is 5.75 Å². The maximum absolute atomic E-state index is 9.01. The number of pyridine rings is 1. The second-order valence-corrected chi connectivity index (χ2v) is 3.08. The summed E-state index contributed by atoms with van der Waals surface area (Å²) in [4.78, 5) is 4.04. The fourth-order valence-corrected chi connectivity index (χ4v) is 1.23. The normalized spacial score (nSPS) is 10.3. The van der Waals surface area contributed by atoms with Crippen LogP contribution in [-0.2, 0) is 11.3 Å². The summed E-state index contributed by atoms with van der Waals surface area (Å²) < 4.78 is 10.7. The second kappa shape index (κ2) is 6.37. The van der Waals surface area contributed by atoms with Crippen molar-refractivity contribution in [2.24, 2.45) is 0 Å². The molecule has 84 valence electrons. The molecule has 0 unspecified atom stereocenters. The minimum absolute atomic E-state index is 0.0610. The Hall–Kier alpha value is -1.13. The van der Waals surface area contributed by atoms with Crippen molar-refractivity contribution in [1.29, 1.82) is 0 Å². The molecule has 0 saturated carbocycles. The van der Waals surface area contributed by atoms with Gasteiger partial charge in [0.25, 0.3) is 0 Å². The van der Waals surface area contributed by atoms with Crippen LogP contribution in [0.3, 0.4) is 0 Å². The van der Waals surface area contributed by atoms with E-state index in [1.807, 2.05) is 13.8 Å². The molecule has 4 nitrogen and oxygen atoms in total. The summed E-state index contributed by atoms with van der Waals surface area (Å²) in [6, 6.07) is 1.79. The molecule has 0 fully saturated rings. The van der Waals surface area contributed by atoms with Crippen LogP contribution in [0.1, 0.15) is 18.2 Å². The molecule has 0 aromatic carbocycles. The summed E-state index contributed by atoms with van der Waals surface area (Å²) in [5.74, 6) is 0.758. The molecule has 1 N–H and O–H groups in total. The first kappa shape index (κ1) is 11.9. The standard InChI is InChI=1S/C11H17NO3/c1-3-14-6-7-15-11-4-5-12-10(8-13)9(11)2/h4-5,13H,3,6-8H2,1-2H3. The van der Waals surface area contributed by atoms with Crippen LogP contribution in [0.25, 0.3) is 0 Å². The molecule has 1 aromatic rings. The average molecular weight is 211 g/mol. The van der Waals surface area contributed by atoms with E-state index in [4.69, 9.17) is 14.6 Å². The highest BCUT2D eigenvalue weighted by atomic mass is 16.5. The Morgan fingerprint density at radius 3 is 2.87 bits per heavy atom. The molecule has 4 heteroatoms. The lowest BCUT2D eigenvalue weighted by Crippen LogP contribution is -2.08. The Bertz CT molecular complexity index is 302. The number of nitrogens with zero attached hydrogens (tertiary/aromatic N) is 1. The Balaban J connectivity index is 2.53. The van der Waals surface area contributed by atoms with Crippen LogP contribution in [0, 0.1) is 6.92 Å². The molecule has 0 radical (unpaired) electrons. The zero-order valence-corrected chi connectivity index (χ0v) is 9.19. The van der Waals surface area contributed by atoms with E-state index in [2.05, 4.69) is 4.98 Å². The Morgan fingerprint density at radius 2 is 2.20 bits per heavy atom. The van der Waals surface area contributed by atoms with Crippen LogP contribution in [-0.4, -0.2) is 29.9 Å². The lowest BCUT2D eigenvalue weighted by Gasteiger charge is -2.10. The lowest BCUT2D eigenvalue weighted by atomic mass is 10.2. The molecular formula is C11H17NO3. The molecule has 1 aromatic heterocycles. The highest BCUT2D eigenvalue weighted by molar-refractivity contribution is 5.34. The van der Waals surface area contributed by atoms with Crippen molar-refractivity contribution in [3.05, 3.63) is 23.5 Å². The van der Waals surface area contributed by atoms with Gasteiger partial charge in [0.2, 0.25) is 0 Å².